The fourth-order valence-electron chi connectivity index (χ4n) is 2.10. The number of methoxy groups -OCH3 is 1. The molecule has 1 aromatic carbocycles. The predicted octanol–water partition coefficient (Wildman–Crippen LogP) is 3.24. The summed E-state index contributed by atoms with van der Waals surface area (Å²) in [5.74, 6) is 0.872. The highest BCUT2D eigenvalue weighted by Crippen LogP contribution is 2.28. The van der Waals surface area contributed by atoms with Gasteiger partial charge in [-0.1, -0.05) is 12.1 Å². The first-order valence-electron chi connectivity index (χ1n) is 6.42. The number of anilines is 1. The third-order valence-corrected chi connectivity index (χ3v) is 4.02. The standard InChI is InChI=1S/C15H20N2OS/c1-3-17(11-14-5-4-8-19-14)15-9-13(18-2)7-6-12(15)10-16/h4-9H,3,10-11,16H2,1-2H3. The van der Waals surface area contributed by atoms with E-state index in [1.54, 1.807) is 18.4 Å². The molecule has 0 radical (unpaired) electrons. The molecule has 0 atom stereocenters. The molecule has 2 N–H and O–H groups in total. The lowest BCUT2D eigenvalue weighted by atomic mass is 10.1. The van der Waals surface area contributed by atoms with Crippen molar-refractivity contribution >= 4 is 17.0 Å². The molecular weight excluding hydrogens is 256 g/mol. The van der Waals surface area contributed by atoms with Crippen LogP contribution < -0.4 is 15.4 Å². The molecule has 19 heavy (non-hydrogen) atoms. The molecule has 0 spiro atoms. The molecule has 0 amide bonds. The third-order valence-electron chi connectivity index (χ3n) is 3.16. The van der Waals surface area contributed by atoms with Gasteiger partial charge in [-0.15, -0.1) is 11.3 Å². The van der Waals surface area contributed by atoms with Gasteiger partial charge in [-0.2, -0.15) is 0 Å². The molecular formula is C15H20N2OS. The average molecular weight is 276 g/mol. The van der Waals surface area contributed by atoms with Crippen molar-refractivity contribution < 1.29 is 4.74 Å². The molecule has 0 saturated heterocycles. The lowest BCUT2D eigenvalue weighted by Gasteiger charge is -2.25. The van der Waals surface area contributed by atoms with Gasteiger partial charge < -0.3 is 15.4 Å². The second kappa shape index (κ2) is 6.59. The summed E-state index contributed by atoms with van der Waals surface area (Å²) in [5, 5.41) is 2.11. The normalized spacial score (nSPS) is 10.5. The van der Waals surface area contributed by atoms with Gasteiger partial charge in [0.05, 0.1) is 13.7 Å². The van der Waals surface area contributed by atoms with E-state index in [1.165, 1.54) is 4.88 Å². The summed E-state index contributed by atoms with van der Waals surface area (Å²) in [6.45, 7) is 4.56. The SMILES string of the molecule is CCN(Cc1cccs1)c1cc(OC)ccc1CN. The first kappa shape index (κ1) is 13.9. The minimum absolute atomic E-state index is 0.542. The Morgan fingerprint density at radius 3 is 2.74 bits per heavy atom. The third kappa shape index (κ3) is 3.28. The predicted molar refractivity (Wildman–Crippen MR) is 81.9 cm³/mol. The Balaban J connectivity index is 2.30. The number of hydrogen-bond donors (Lipinski definition) is 1. The summed E-state index contributed by atoms with van der Waals surface area (Å²) in [5.41, 5.74) is 8.16. The Labute approximate surface area is 118 Å². The molecule has 0 aliphatic heterocycles. The van der Waals surface area contributed by atoms with Crippen molar-refractivity contribution in [1.82, 2.24) is 0 Å². The maximum Gasteiger partial charge on any atom is 0.120 e. The van der Waals surface area contributed by atoms with E-state index in [-0.39, 0.29) is 0 Å². The molecule has 3 nitrogen and oxygen atoms in total. The zero-order chi connectivity index (χ0) is 13.7. The van der Waals surface area contributed by atoms with Crippen LogP contribution in [0.1, 0.15) is 17.4 Å². The summed E-state index contributed by atoms with van der Waals surface area (Å²) in [6.07, 6.45) is 0. The maximum atomic E-state index is 5.84. The summed E-state index contributed by atoms with van der Waals surface area (Å²) in [4.78, 5) is 3.68. The van der Waals surface area contributed by atoms with E-state index in [0.717, 1.165) is 30.1 Å². The van der Waals surface area contributed by atoms with Crippen molar-refractivity contribution in [2.75, 3.05) is 18.6 Å². The van der Waals surface area contributed by atoms with Crippen molar-refractivity contribution in [2.24, 2.45) is 5.73 Å². The summed E-state index contributed by atoms with van der Waals surface area (Å²) in [6, 6.07) is 10.3. The number of ether oxygens (including phenoxy) is 1. The topological polar surface area (TPSA) is 38.5 Å². The molecule has 0 aliphatic carbocycles. The molecule has 0 aliphatic rings. The van der Waals surface area contributed by atoms with Crippen LogP contribution in [0.4, 0.5) is 5.69 Å². The molecule has 2 rings (SSSR count). The Kier molecular flexibility index (Phi) is 4.82. The van der Waals surface area contributed by atoms with Crippen LogP contribution in [-0.2, 0) is 13.1 Å². The van der Waals surface area contributed by atoms with Crippen molar-refractivity contribution in [2.45, 2.75) is 20.0 Å². The number of nitrogens with two attached hydrogens (primary N) is 1. The van der Waals surface area contributed by atoms with Gasteiger partial charge in [-0.3, -0.25) is 0 Å². The summed E-state index contributed by atoms with van der Waals surface area (Å²) < 4.78 is 5.32. The second-order valence-electron chi connectivity index (χ2n) is 4.29. The quantitative estimate of drug-likeness (QED) is 0.880. The molecule has 0 saturated carbocycles. The maximum absolute atomic E-state index is 5.84. The van der Waals surface area contributed by atoms with E-state index < -0.39 is 0 Å². The van der Waals surface area contributed by atoms with Crippen LogP contribution in [0.2, 0.25) is 0 Å². The Bertz CT molecular complexity index is 511. The smallest absolute Gasteiger partial charge is 0.120 e. The van der Waals surface area contributed by atoms with Crippen LogP contribution in [0, 0.1) is 0 Å². The number of hydrogen-bond acceptors (Lipinski definition) is 4. The Morgan fingerprint density at radius 2 is 2.16 bits per heavy atom. The zero-order valence-corrected chi connectivity index (χ0v) is 12.2. The van der Waals surface area contributed by atoms with E-state index in [0.29, 0.717) is 6.54 Å². The largest absolute Gasteiger partial charge is 0.497 e. The van der Waals surface area contributed by atoms with Crippen LogP contribution in [0.25, 0.3) is 0 Å². The van der Waals surface area contributed by atoms with Gasteiger partial charge >= 0.3 is 0 Å². The molecule has 0 unspecified atom stereocenters. The molecule has 2 aromatic rings. The average Bonchev–Trinajstić information content (AvgIpc) is 2.97. The lowest BCUT2D eigenvalue weighted by Crippen LogP contribution is -2.23. The van der Waals surface area contributed by atoms with Gasteiger partial charge in [-0.05, 0) is 30.0 Å². The van der Waals surface area contributed by atoms with Crippen LogP contribution >= 0.6 is 11.3 Å². The highest BCUT2D eigenvalue weighted by atomic mass is 32.1. The van der Waals surface area contributed by atoms with Crippen molar-refractivity contribution in [3.05, 3.63) is 46.2 Å². The summed E-state index contributed by atoms with van der Waals surface area (Å²) in [7, 11) is 1.69. The summed E-state index contributed by atoms with van der Waals surface area (Å²) >= 11 is 1.78. The second-order valence-corrected chi connectivity index (χ2v) is 5.32. The van der Waals surface area contributed by atoms with E-state index in [2.05, 4.69) is 35.4 Å². The zero-order valence-electron chi connectivity index (χ0n) is 11.4. The van der Waals surface area contributed by atoms with Crippen molar-refractivity contribution in [1.29, 1.82) is 0 Å². The molecule has 0 fully saturated rings. The van der Waals surface area contributed by atoms with Crippen LogP contribution in [0.15, 0.2) is 35.7 Å². The minimum Gasteiger partial charge on any atom is -0.497 e. The lowest BCUT2D eigenvalue weighted by molar-refractivity contribution is 0.414. The monoisotopic (exact) mass is 276 g/mol. The molecule has 0 bridgehead atoms. The minimum atomic E-state index is 0.542. The van der Waals surface area contributed by atoms with E-state index in [9.17, 15) is 0 Å². The fourth-order valence-corrected chi connectivity index (χ4v) is 2.82. The molecule has 1 heterocycles. The number of benzene rings is 1. The van der Waals surface area contributed by atoms with Gasteiger partial charge in [-0.25, -0.2) is 0 Å². The fraction of sp³-hybridized carbons (Fsp3) is 0.333. The van der Waals surface area contributed by atoms with Crippen molar-refractivity contribution in [3.63, 3.8) is 0 Å². The van der Waals surface area contributed by atoms with Gasteiger partial charge in [0.1, 0.15) is 5.75 Å². The number of nitrogens with zero attached hydrogens (tertiary/aromatic N) is 1. The van der Waals surface area contributed by atoms with Gasteiger partial charge in [0, 0.05) is 29.7 Å². The van der Waals surface area contributed by atoms with Crippen molar-refractivity contribution in [3.8, 4) is 5.75 Å². The van der Waals surface area contributed by atoms with Gasteiger partial charge in [0.25, 0.3) is 0 Å². The van der Waals surface area contributed by atoms with Crippen LogP contribution in [-0.4, -0.2) is 13.7 Å². The highest BCUT2D eigenvalue weighted by Gasteiger charge is 2.11. The molecule has 4 heteroatoms. The highest BCUT2D eigenvalue weighted by molar-refractivity contribution is 7.09. The number of thiophene rings is 1. The molecule has 1 aromatic heterocycles. The van der Waals surface area contributed by atoms with Gasteiger partial charge in [0.15, 0.2) is 0 Å². The van der Waals surface area contributed by atoms with E-state index in [4.69, 9.17) is 10.5 Å². The number of rotatable bonds is 6. The van der Waals surface area contributed by atoms with Crippen LogP contribution in [0.3, 0.4) is 0 Å². The Morgan fingerprint density at radius 1 is 1.32 bits per heavy atom. The van der Waals surface area contributed by atoms with E-state index >= 15 is 0 Å². The Hall–Kier alpha value is -1.52. The van der Waals surface area contributed by atoms with Gasteiger partial charge in [0.2, 0.25) is 0 Å². The first-order valence-corrected chi connectivity index (χ1v) is 7.30. The molecule has 102 valence electrons. The van der Waals surface area contributed by atoms with Crippen LogP contribution in [0.5, 0.6) is 5.75 Å². The first-order chi connectivity index (χ1) is 9.28. The van der Waals surface area contributed by atoms with E-state index in [1.807, 2.05) is 12.1 Å².